The molecule has 0 saturated carbocycles. The van der Waals surface area contributed by atoms with Gasteiger partial charge in [0.25, 0.3) is 6.10 Å². The van der Waals surface area contributed by atoms with Crippen LogP contribution in [0.1, 0.15) is 5.56 Å². The van der Waals surface area contributed by atoms with Gasteiger partial charge in [0.15, 0.2) is 0 Å². The van der Waals surface area contributed by atoms with Crippen molar-refractivity contribution in [2.24, 2.45) is 0 Å². The molecule has 2 aliphatic rings. The van der Waals surface area contributed by atoms with E-state index in [1.54, 1.807) is 6.07 Å². The molecule has 3 rings (SSSR count). The van der Waals surface area contributed by atoms with E-state index in [1.165, 1.54) is 0 Å². The van der Waals surface area contributed by atoms with E-state index in [-0.39, 0.29) is 26.2 Å². The van der Waals surface area contributed by atoms with Crippen molar-refractivity contribution in [2.75, 3.05) is 70.5 Å². The van der Waals surface area contributed by atoms with Crippen molar-refractivity contribution in [3.05, 3.63) is 28.8 Å². The van der Waals surface area contributed by atoms with E-state index in [4.69, 9.17) is 11.6 Å². The molecule has 1 amide bonds. The number of hydrogen-bond acceptors (Lipinski definition) is 5. The number of benzene rings is 1. The molecular weight excluding hydrogens is 509 g/mol. The SMILES string of the molecule is O=C(OC(C(F)(F)F)C(F)(F)F)N1CCN(Cc2ccc(Cl)cc2N2CCN(CCF)CC2)CC1. The molecule has 0 N–H and O–H groups in total. The van der Waals surface area contributed by atoms with Crippen molar-refractivity contribution in [1.82, 2.24) is 14.7 Å². The third-order valence-corrected chi connectivity index (χ3v) is 6.23. The van der Waals surface area contributed by atoms with Crippen LogP contribution in [0.4, 0.5) is 41.2 Å². The van der Waals surface area contributed by atoms with Crippen LogP contribution in [-0.2, 0) is 11.3 Å². The van der Waals surface area contributed by atoms with Crippen LogP contribution in [0.15, 0.2) is 18.2 Å². The number of piperazine rings is 2. The minimum absolute atomic E-state index is 0.0773. The number of carbonyl (C=O) groups is 1. The third kappa shape index (κ3) is 7.50. The number of hydrogen-bond donors (Lipinski definition) is 0. The summed E-state index contributed by atoms with van der Waals surface area (Å²) in [5, 5.41) is 0.548. The van der Waals surface area contributed by atoms with Gasteiger partial charge in [0.2, 0.25) is 0 Å². The predicted molar refractivity (Wildman–Crippen MR) is 115 cm³/mol. The molecular formula is C21H26ClF7N4O2. The zero-order chi connectivity index (χ0) is 25.8. The molecule has 1 aromatic carbocycles. The standard InChI is InChI=1S/C21H26ClF7N4O2/c22-16-2-1-15(17(13-16)32-9-5-30(4-3-23)6-10-32)14-31-7-11-33(12-8-31)19(34)35-18(20(24,25)26)21(27,28)29/h1-2,13,18H,3-12,14H2. The Morgan fingerprint density at radius 1 is 0.914 bits per heavy atom. The Bertz CT molecular complexity index is 841. The molecule has 1 aromatic rings. The number of anilines is 1. The molecule has 2 heterocycles. The molecule has 6 nitrogen and oxygen atoms in total. The summed E-state index contributed by atoms with van der Waals surface area (Å²) in [7, 11) is 0. The van der Waals surface area contributed by atoms with Gasteiger partial charge < -0.3 is 14.5 Å². The Balaban J connectivity index is 1.58. The largest absolute Gasteiger partial charge is 0.434 e. The summed E-state index contributed by atoms with van der Waals surface area (Å²) in [6, 6.07) is 5.44. The minimum Gasteiger partial charge on any atom is -0.426 e. The molecule has 198 valence electrons. The van der Waals surface area contributed by atoms with Crippen molar-refractivity contribution in [2.45, 2.75) is 25.0 Å². The van der Waals surface area contributed by atoms with Gasteiger partial charge in [-0.1, -0.05) is 17.7 Å². The van der Waals surface area contributed by atoms with E-state index in [0.717, 1.165) is 16.2 Å². The summed E-state index contributed by atoms with van der Waals surface area (Å²) in [5.41, 5.74) is 1.86. The molecule has 2 aliphatic heterocycles. The monoisotopic (exact) mass is 534 g/mol. The van der Waals surface area contributed by atoms with Crippen molar-refractivity contribution in [3.8, 4) is 0 Å². The summed E-state index contributed by atoms with van der Waals surface area (Å²) in [6.07, 6.45) is -17.3. The van der Waals surface area contributed by atoms with Gasteiger partial charge in [-0.3, -0.25) is 9.80 Å². The van der Waals surface area contributed by atoms with Crippen LogP contribution in [0, 0.1) is 0 Å². The van der Waals surface area contributed by atoms with Crippen LogP contribution in [0.2, 0.25) is 5.02 Å². The molecule has 0 unspecified atom stereocenters. The number of carbonyl (C=O) groups excluding carboxylic acids is 1. The van der Waals surface area contributed by atoms with Crippen molar-refractivity contribution in [1.29, 1.82) is 0 Å². The second kappa shape index (κ2) is 11.4. The van der Waals surface area contributed by atoms with Gasteiger partial charge in [0, 0.05) is 76.2 Å². The Kier molecular flexibility index (Phi) is 8.97. The molecule has 0 atom stereocenters. The molecule has 14 heteroatoms. The smallest absolute Gasteiger partial charge is 0.426 e. The van der Waals surface area contributed by atoms with Crippen molar-refractivity contribution in [3.63, 3.8) is 0 Å². The van der Waals surface area contributed by atoms with E-state index in [0.29, 0.717) is 44.3 Å². The fourth-order valence-corrected chi connectivity index (χ4v) is 4.29. The summed E-state index contributed by atoms with van der Waals surface area (Å²) in [6.45, 7) is 3.53. The molecule has 35 heavy (non-hydrogen) atoms. The first kappa shape index (κ1) is 27.6. The maximum atomic E-state index is 12.7. The molecule has 2 fully saturated rings. The van der Waals surface area contributed by atoms with E-state index >= 15 is 0 Å². The first-order valence-corrected chi connectivity index (χ1v) is 11.4. The maximum Gasteiger partial charge on any atom is 0.434 e. The first-order chi connectivity index (χ1) is 16.4. The third-order valence-electron chi connectivity index (χ3n) is 6.00. The predicted octanol–water partition coefficient (Wildman–Crippen LogP) is 4.18. The number of amides is 1. The summed E-state index contributed by atoms with van der Waals surface area (Å²) in [4.78, 5) is 18.9. The second-order valence-electron chi connectivity index (χ2n) is 8.40. The summed E-state index contributed by atoms with van der Waals surface area (Å²) in [5.74, 6) is 0. The summed E-state index contributed by atoms with van der Waals surface area (Å²) < 4.78 is 92.4. The molecule has 0 aliphatic carbocycles. The van der Waals surface area contributed by atoms with E-state index < -0.39 is 31.2 Å². The number of rotatable bonds is 6. The Hall–Kier alpha value is -1.99. The fourth-order valence-electron chi connectivity index (χ4n) is 4.12. The average Bonchev–Trinajstić information content (AvgIpc) is 2.78. The number of alkyl halides is 7. The lowest BCUT2D eigenvalue weighted by Gasteiger charge is -2.38. The van der Waals surface area contributed by atoms with Crippen molar-refractivity contribution < 1.29 is 40.3 Å². The molecule has 2 saturated heterocycles. The van der Waals surface area contributed by atoms with Crippen LogP contribution >= 0.6 is 11.6 Å². The van der Waals surface area contributed by atoms with Gasteiger partial charge in [0.05, 0.1) is 0 Å². The van der Waals surface area contributed by atoms with E-state index in [2.05, 4.69) is 9.64 Å². The normalized spacial score (nSPS) is 18.9. The number of ether oxygens (including phenoxy) is 1. The topological polar surface area (TPSA) is 39.3 Å². The maximum absolute atomic E-state index is 12.7. The van der Waals surface area contributed by atoms with Gasteiger partial charge in [-0.15, -0.1) is 0 Å². The molecule has 0 bridgehead atoms. The summed E-state index contributed by atoms with van der Waals surface area (Å²) >= 11 is 6.20. The van der Waals surface area contributed by atoms with Gasteiger partial charge in [-0.25, -0.2) is 9.18 Å². The van der Waals surface area contributed by atoms with Gasteiger partial charge in [-0.2, -0.15) is 26.3 Å². The highest BCUT2D eigenvalue weighted by molar-refractivity contribution is 6.30. The number of halogens is 8. The molecule has 0 aromatic heterocycles. The number of nitrogens with zero attached hydrogens (tertiary/aromatic N) is 4. The van der Waals surface area contributed by atoms with Crippen molar-refractivity contribution >= 4 is 23.4 Å². The lowest BCUT2D eigenvalue weighted by molar-refractivity contribution is -0.308. The zero-order valence-electron chi connectivity index (χ0n) is 18.7. The fraction of sp³-hybridized carbons (Fsp3) is 0.667. The first-order valence-electron chi connectivity index (χ1n) is 11.0. The van der Waals surface area contributed by atoms with Crippen LogP contribution in [0.5, 0.6) is 0 Å². The van der Waals surface area contributed by atoms with Crippen LogP contribution in [-0.4, -0.2) is 105 Å². The van der Waals surface area contributed by atoms with E-state index in [1.807, 2.05) is 21.9 Å². The van der Waals surface area contributed by atoms with Crippen LogP contribution < -0.4 is 4.90 Å². The quantitative estimate of drug-likeness (QED) is 0.512. The molecule has 0 radical (unpaired) electrons. The van der Waals surface area contributed by atoms with Gasteiger partial charge in [0.1, 0.15) is 6.67 Å². The Morgan fingerprint density at radius 2 is 1.49 bits per heavy atom. The highest BCUT2D eigenvalue weighted by atomic mass is 35.5. The lowest BCUT2D eigenvalue weighted by atomic mass is 10.1. The Labute approximate surface area is 203 Å². The lowest BCUT2D eigenvalue weighted by Crippen LogP contribution is -2.52. The van der Waals surface area contributed by atoms with Crippen LogP contribution in [0.25, 0.3) is 0 Å². The van der Waals surface area contributed by atoms with Gasteiger partial charge >= 0.3 is 18.4 Å². The highest BCUT2D eigenvalue weighted by Crippen LogP contribution is 2.36. The van der Waals surface area contributed by atoms with Crippen LogP contribution in [0.3, 0.4) is 0 Å². The van der Waals surface area contributed by atoms with Gasteiger partial charge in [-0.05, 0) is 17.7 Å². The van der Waals surface area contributed by atoms with E-state index in [9.17, 15) is 35.5 Å². The second-order valence-corrected chi connectivity index (χ2v) is 8.84. The Morgan fingerprint density at radius 3 is 2.03 bits per heavy atom. The molecule has 0 spiro atoms. The zero-order valence-corrected chi connectivity index (χ0v) is 19.5. The highest BCUT2D eigenvalue weighted by Gasteiger charge is 2.60. The average molecular weight is 535 g/mol. The minimum atomic E-state index is -5.75.